The normalized spacial score (nSPS) is 15.6. The highest BCUT2D eigenvalue weighted by atomic mass is 35.5. The lowest BCUT2D eigenvalue weighted by molar-refractivity contribution is 0.0970. The van der Waals surface area contributed by atoms with E-state index in [-0.39, 0.29) is 16.8 Å². The van der Waals surface area contributed by atoms with E-state index in [4.69, 9.17) is 20.8 Å². The van der Waals surface area contributed by atoms with Gasteiger partial charge < -0.3 is 9.15 Å². The molecule has 0 saturated carbocycles. The summed E-state index contributed by atoms with van der Waals surface area (Å²) in [6.07, 6.45) is 0. The number of aromatic nitrogens is 2. The average molecular weight is 440 g/mol. The fraction of sp³-hybridized carbons (Fsp3) is 0.143. The second kappa shape index (κ2) is 7.23. The standard InChI is InChI=1S/C21H14ClN3O4S/c1-2-28-13-5-3-4-11(8-13)17-16-18(26)14-9-12(22)6-7-15(14)29-19(16)20(27)25(17)21-24-23-10-30-21/h3-10,17H,2H2,1H3. The van der Waals surface area contributed by atoms with Crippen LogP contribution in [0.5, 0.6) is 5.75 Å². The number of anilines is 1. The maximum Gasteiger partial charge on any atom is 0.297 e. The number of hydrogen-bond acceptors (Lipinski definition) is 7. The Labute approximate surface area is 179 Å². The fourth-order valence-electron chi connectivity index (χ4n) is 3.67. The third-order valence-corrected chi connectivity index (χ3v) is 5.80. The minimum absolute atomic E-state index is 0.00293. The Morgan fingerprint density at radius 2 is 2.10 bits per heavy atom. The van der Waals surface area contributed by atoms with Crippen molar-refractivity contribution in [2.75, 3.05) is 11.5 Å². The Hall–Kier alpha value is -3.23. The van der Waals surface area contributed by atoms with Crippen LogP contribution in [0, 0.1) is 0 Å². The predicted molar refractivity (Wildman–Crippen MR) is 114 cm³/mol. The molecule has 5 rings (SSSR count). The van der Waals surface area contributed by atoms with Crippen LogP contribution >= 0.6 is 22.9 Å². The number of halogens is 1. The van der Waals surface area contributed by atoms with E-state index in [1.807, 2.05) is 31.2 Å². The number of amides is 1. The van der Waals surface area contributed by atoms with Crippen molar-refractivity contribution in [2.24, 2.45) is 0 Å². The number of hydrogen-bond donors (Lipinski definition) is 0. The van der Waals surface area contributed by atoms with Gasteiger partial charge in [0.25, 0.3) is 5.91 Å². The van der Waals surface area contributed by atoms with Gasteiger partial charge in [-0.2, -0.15) is 0 Å². The van der Waals surface area contributed by atoms with E-state index in [0.717, 1.165) is 0 Å². The predicted octanol–water partition coefficient (Wildman–Crippen LogP) is 4.45. The van der Waals surface area contributed by atoms with E-state index >= 15 is 0 Å². The molecule has 0 fully saturated rings. The lowest BCUT2D eigenvalue weighted by Crippen LogP contribution is -2.29. The van der Waals surface area contributed by atoms with Gasteiger partial charge in [-0.05, 0) is 42.8 Å². The van der Waals surface area contributed by atoms with Crippen molar-refractivity contribution in [3.05, 3.63) is 80.1 Å². The Morgan fingerprint density at radius 3 is 2.87 bits per heavy atom. The van der Waals surface area contributed by atoms with Crippen LogP contribution < -0.4 is 15.1 Å². The molecule has 0 spiro atoms. The quantitative estimate of drug-likeness (QED) is 0.467. The molecule has 0 aliphatic carbocycles. The zero-order valence-electron chi connectivity index (χ0n) is 15.7. The van der Waals surface area contributed by atoms with E-state index in [0.29, 0.717) is 39.0 Å². The lowest BCUT2D eigenvalue weighted by atomic mass is 9.98. The van der Waals surface area contributed by atoms with Gasteiger partial charge in [-0.3, -0.25) is 14.5 Å². The first-order chi connectivity index (χ1) is 14.6. The summed E-state index contributed by atoms with van der Waals surface area (Å²) in [6.45, 7) is 2.38. The molecule has 1 unspecified atom stereocenters. The molecule has 7 nitrogen and oxygen atoms in total. The van der Waals surface area contributed by atoms with Crippen LogP contribution in [-0.2, 0) is 0 Å². The van der Waals surface area contributed by atoms with Crippen LogP contribution in [0.15, 0.2) is 57.2 Å². The van der Waals surface area contributed by atoms with Gasteiger partial charge in [-0.1, -0.05) is 35.1 Å². The summed E-state index contributed by atoms with van der Waals surface area (Å²) in [5.41, 5.74) is 2.49. The van der Waals surface area contributed by atoms with Crippen molar-refractivity contribution in [1.29, 1.82) is 0 Å². The highest BCUT2D eigenvalue weighted by Gasteiger charge is 2.45. The van der Waals surface area contributed by atoms with Crippen LogP contribution in [-0.4, -0.2) is 22.7 Å². The van der Waals surface area contributed by atoms with Crippen LogP contribution in [0.25, 0.3) is 11.0 Å². The lowest BCUT2D eigenvalue weighted by Gasteiger charge is -2.22. The molecule has 2 aromatic heterocycles. The van der Waals surface area contributed by atoms with Gasteiger partial charge in [-0.15, -0.1) is 10.2 Å². The minimum Gasteiger partial charge on any atom is -0.494 e. The summed E-state index contributed by atoms with van der Waals surface area (Å²) in [5, 5.41) is 9.01. The Bertz CT molecular complexity index is 1340. The molecule has 0 radical (unpaired) electrons. The van der Waals surface area contributed by atoms with Crippen LogP contribution in [0.1, 0.15) is 34.6 Å². The molecule has 4 aromatic rings. The van der Waals surface area contributed by atoms with Crippen molar-refractivity contribution in [3.63, 3.8) is 0 Å². The van der Waals surface area contributed by atoms with E-state index in [1.165, 1.54) is 21.7 Å². The SMILES string of the molecule is CCOc1cccc(C2c3c(oc4ccc(Cl)cc4c3=O)C(=O)N2c2nncs2)c1. The third-order valence-electron chi connectivity index (χ3n) is 4.87. The molecule has 30 heavy (non-hydrogen) atoms. The summed E-state index contributed by atoms with van der Waals surface area (Å²) >= 11 is 7.30. The van der Waals surface area contributed by atoms with E-state index in [1.54, 1.807) is 18.2 Å². The number of fused-ring (bicyclic) bond motifs is 2. The van der Waals surface area contributed by atoms with Crippen molar-refractivity contribution in [3.8, 4) is 5.75 Å². The smallest absolute Gasteiger partial charge is 0.297 e. The van der Waals surface area contributed by atoms with Gasteiger partial charge in [0.2, 0.25) is 10.9 Å². The average Bonchev–Trinajstić information content (AvgIpc) is 3.36. The molecule has 1 atom stereocenters. The molecular formula is C21H14ClN3O4S. The molecular weight excluding hydrogens is 426 g/mol. The van der Waals surface area contributed by atoms with Crippen molar-refractivity contribution in [2.45, 2.75) is 13.0 Å². The number of nitrogens with zero attached hydrogens (tertiary/aromatic N) is 3. The molecule has 1 amide bonds. The van der Waals surface area contributed by atoms with Gasteiger partial charge in [0.15, 0.2) is 5.43 Å². The van der Waals surface area contributed by atoms with Crippen molar-refractivity contribution in [1.82, 2.24) is 10.2 Å². The zero-order valence-corrected chi connectivity index (χ0v) is 17.2. The van der Waals surface area contributed by atoms with Crippen molar-refractivity contribution >= 4 is 44.9 Å². The Morgan fingerprint density at radius 1 is 1.23 bits per heavy atom. The van der Waals surface area contributed by atoms with Gasteiger partial charge in [0, 0.05) is 5.02 Å². The maximum absolute atomic E-state index is 13.5. The summed E-state index contributed by atoms with van der Waals surface area (Å²) < 4.78 is 11.5. The number of rotatable bonds is 4. The summed E-state index contributed by atoms with van der Waals surface area (Å²) in [4.78, 5) is 28.2. The zero-order chi connectivity index (χ0) is 20.8. The fourth-order valence-corrected chi connectivity index (χ4v) is 4.43. The Kier molecular flexibility index (Phi) is 4.52. The molecule has 9 heteroatoms. The van der Waals surface area contributed by atoms with E-state index in [2.05, 4.69) is 10.2 Å². The van der Waals surface area contributed by atoms with Crippen LogP contribution in [0.3, 0.4) is 0 Å². The summed E-state index contributed by atoms with van der Waals surface area (Å²) in [6, 6.07) is 11.3. The van der Waals surface area contributed by atoms with Gasteiger partial charge in [0.1, 0.15) is 16.8 Å². The first kappa shape index (κ1) is 18.8. The Balaban J connectivity index is 1.80. The first-order valence-electron chi connectivity index (χ1n) is 9.17. The molecule has 0 saturated heterocycles. The molecule has 0 bridgehead atoms. The van der Waals surface area contributed by atoms with Gasteiger partial charge in [-0.25, -0.2) is 0 Å². The molecule has 1 aliphatic rings. The summed E-state index contributed by atoms with van der Waals surface area (Å²) in [7, 11) is 0. The largest absolute Gasteiger partial charge is 0.494 e. The topological polar surface area (TPSA) is 85.5 Å². The van der Waals surface area contributed by atoms with E-state index in [9.17, 15) is 9.59 Å². The van der Waals surface area contributed by atoms with E-state index < -0.39 is 11.9 Å². The van der Waals surface area contributed by atoms with Gasteiger partial charge >= 0.3 is 0 Å². The number of ether oxygens (including phenoxy) is 1. The summed E-state index contributed by atoms with van der Waals surface area (Å²) in [5.74, 6) is 0.195. The van der Waals surface area contributed by atoms with Gasteiger partial charge in [0.05, 0.1) is 23.6 Å². The minimum atomic E-state index is -0.722. The molecule has 150 valence electrons. The number of carbonyl (C=O) groups is 1. The molecule has 0 N–H and O–H groups in total. The monoisotopic (exact) mass is 439 g/mol. The third kappa shape index (κ3) is 2.88. The second-order valence-electron chi connectivity index (χ2n) is 6.62. The highest BCUT2D eigenvalue weighted by molar-refractivity contribution is 7.13. The first-order valence-corrected chi connectivity index (χ1v) is 10.4. The molecule has 2 aromatic carbocycles. The number of carbonyl (C=O) groups excluding carboxylic acids is 1. The maximum atomic E-state index is 13.5. The molecule has 3 heterocycles. The van der Waals surface area contributed by atoms with Crippen LogP contribution in [0.2, 0.25) is 5.02 Å². The second-order valence-corrected chi connectivity index (χ2v) is 7.87. The van der Waals surface area contributed by atoms with Crippen LogP contribution in [0.4, 0.5) is 5.13 Å². The highest BCUT2D eigenvalue weighted by Crippen LogP contribution is 2.42. The van der Waals surface area contributed by atoms with Crippen molar-refractivity contribution < 1.29 is 13.9 Å². The molecule has 1 aliphatic heterocycles. The number of benzene rings is 2.